The van der Waals surface area contributed by atoms with Crippen molar-refractivity contribution in [2.24, 2.45) is 0 Å². The second-order valence-electron chi connectivity index (χ2n) is 3.80. The van der Waals surface area contributed by atoms with Crippen LogP contribution >= 0.6 is 15.9 Å². The monoisotopic (exact) mass is 311 g/mol. The number of rotatable bonds is 6. The number of furan rings is 1. The van der Waals surface area contributed by atoms with Crippen LogP contribution in [0.5, 0.6) is 0 Å². The molecule has 0 aliphatic carbocycles. The number of hydrogen-bond donors (Lipinski definition) is 2. The number of aliphatic hydroxyl groups is 1. The highest BCUT2D eigenvalue weighted by atomic mass is 79.9. The van der Waals surface area contributed by atoms with Crippen LogP contribution in [0.4, 0.5) is 0 Å². The van der Waals surface area contributed by atoms with E-state index in [1.165, 1.54) is 6.26 Å². The summed E-state index contributed by atoms with van der Waals surface area (Å²) in [4.78, 5) is 0. The lowest BCUT2D eigenvalue weighted by molar-refractivity contribution is 0.0603. The van der Waals surface area contributed by atoms with Crippen LogP contribution in [0.3, 0.4) is 0 Å². The third-order valence-corrected chi connectivity index (χ3v) is 4.63. The van der Waals surface area contributed by atoms with E-state index < -0.39 is 15.6 Å². The summed E-state index contributed by atoms with van der Waals surface area (Å²) in [5.74, 6) is 0.614. The van der Waals surface area contributed by atoms with Gasteiger partial charge in [-0.05, 0) is 19.1 Å². The molecule has 5 nitrogen and oxygen atoms in total. The normalized spacial score (nSPS) is 15.9. The van der Waals surface area contributed by atoms with Crippen molar-refractivity contribution in [1.82, 2.24) is 4.72 Å². The van der Waals surface area contributed by atoms with Gasteiger partial charge in [0.05, 0.1) is 11.9 Å². The Bertz CT molecular complexity index is 413. The fourth-order valence-corrected chi connectivity index (χ4v) is 2.25. The van der Waals surface area contributed by atoms with Crippen LogP contribution in [-0.4, -0.2) is 30.3 Å². The van der Waals surface area contributed by atoms with E-state index >= 15 is 0 Å². The Morgan fingerprint density at radius 3 is 2.81 bits per heavy atom. The zero-order valence-electron chi connectivity index (χ0n) is 8.81. The molecule has 0 fully saturated rings. The molecular weight excluding hydrogens is 298 g/mol. The number of alkyl halides is 1. The molecule has 1 atom stereocenters. The molecule has 0 bridgehead atoms. The molecule has 0 radical (unpaired) electrons. The van der Waals surface area contributed by atoms with Gasteiger partial charge in [-0.15, -0.1) is 0 Å². The minimum absolute atomic E-state index is 0.0539. The van der Waals surface area contributed by atoms with E-state index in [9.17, 15) is 13.5 Å². The van der Waals surface area contributed by atoms with E-state index in [4.69, 9.17) is 4.42 Å². The summed E-state index contributed by atoms with van der Waals surface area (Å²) in [6, 6.07) is 3.45. The quantitative estimate of drug-likeness (QED) is 0.763. The summed E-state index contributed by atoms with van der Waals surface area (Å²) in [7, 11) is -3.36. The molecule has 1 aromatic rings. The van der Waals surface area contributed by atoms with Gasteiger partial charge in [0.2, 0.25) is 10.0 Å². The standard InChI is InChI=1S/C9H14BrNO4S/c1-9(12,5-8-3-2-4-15-8)6-11-16(13,14)7-10/h2-4,11-12H,5-7H2,1H3. The molecule has 2 N–H and O–H groups in total. The fourth-order valence-electron chi connectivity index (χ4n) is 1.16. The van der Waals surface area contributed by atoms with Crippen molar-refractivity contribution in [1.29, 1.82) is 0 Å². The predicted molar refractivity (Wildman–Crippen MR) is 63.8 cm³/mol. The summed E-state index contributed by atoms with van der Waals surface area (Å²) in [5.41, 5.74) is -1.17. The van der Waals surface area contributed by atoms with E-state index in [1.54, 1.807) is 19.1 Å². The smallest absolute Gasteiger partial charge is 0.221 e. The van der Waals surface area contributed by atoms with Crippen LogP contribution in [0.25, 0.3) is 0 Å². The van der Waals surface area contributed by atoms with Gasteiger partial charge in [-0.2, -0.15) is 0 Å². The van der Waals surface area contributed by atoms with E-state index in [-0.39, 0.29) is 17.6 Å². The third-order valence-electron chi connectivity index (χ3n) is 1.95. The maximum absolute atomic E-state index is 11.2. The minimum atomic E-state index is -3.36. The lowest BCUT2D eigenvalue weighted by atomic mass is 10.0. The second kappa shape index (κ2) is 5.31. The molecule has 7 heteroatoms. The molecule has 0 aliphatic rings. The largest absolute Gasteiger partial charge is 0.469 e. The molecule has 0 saturated heterocycles. The van der Waals surface area contributed by atoms with Crippen molar-refractivity contribution >= 4 is 26.0 Å². The van der Waals surface area contributed by atoms with Crippen LogP contribution < -0.4 is 4.72 Å². The summed E-state index contributed by atoms with van der Waals surface area (Å²) in [5, 5.41) is 9.94. The zero-order valence-corrected chi connectivity index (χ0v) is 11.2. The molecule has 1 heterocycles. The Morgan fingerprint density at radius 1 is 1.62 bits per heavy atom. The molecule has 16 heavy (non-hydrogen) atoms. The average Bonchev–Trinajstić information content (AvgIpc) is 2.67. The van der Waals surface area contributed by atoms with E-state index in [0.717, 1.165) is 0 Å². The van der Waals surface area contributed by atoms with Gasteiger partial charge in [0.15, 0.2) is 0 Å². The lowest BCUT2D eigenvalue weighted by Crippen LogP contribution is -2.42. The first-order chi connectivity index (χ1) is 7.35. The topological polar surface area (TPSA) is 79.5 Å². The summed E-state index contributed by atoms with van der Waals surface area (Å²) >= 11 is 2.85. The van der Waals surface area contributed by atoms with Gasteiger partial charge in [-0.3, -0.25) is 0 Å². The van der Waals surface area contributed by atoms with Crippen molar-refractivity contribution in [2.75, 3.05) is 11.2 Å². The third kappa shape index (κ3) is 4.65. The minimum Gasteiger partial charge on any atom is -0.469 e. The molecule has 0 aliphatic heterocycles. The van der Waals surface area contributed by atoms with Gasteiger partial charge < -0.3 is 9.52 Å². The van der Waals surface area contributed by atoms with E-state index in [2.05, 4.69) is 20.7 Å². The van der Waals surface area contributed by atoms with Gasteiger partial charge in [-0.25, -0.2) is 13.1 Å². The number of nitrogens with one attached hydrogen (secondary N) is 1. The molecular formula is C9H14BrNO4S. The summed E-state index contributed by atoms with van der Waals surface area (Å²) in [6.07, 6.45) is 1.76. The summed E-state index contributed by atoms with van der Waals surface area (Å²) in [6.45, 7) is 1.49. The second-order valence-corrected chi connectivity index (χ2v) is 6.91. The van der Waals surface area contributed by atoms with Crippen LogP contribution in [0.1, 0.15) is 12.7 Å². The Balaban J connectivity index is 2.52. The first-order valence-corrected chi connectivity index (χ1v) is 7.40. The zero-order chi connectivity index (χ0) is 12.2. The van der Waals surface area contributed by atoms with E-state index in [1.807, 2.05) is 0 Å². The highest BCUT2D eigenvalue weighted by Gasteiger charge is 2.24. The molecule has 1 rings (SSSR count). The number of hydrogen-bond acceptors (Lipinski definition) is 4. The van der Waals surface area contributed by atoms with E-state index in [0.29, 0.717) is 5.76 Å². The Labute approximate surface area is 103 Å². The van der Waals surface area contributed by atoms with Gasteiger partial charge in [0, 0.05) is 13.0 Å². The maximum atomic E-state index is 11.2. The van der Waals surface area contributed by atoms with Crippen LogP contribution in [0.15, 0.2) is 22.8 Å². The van der Waals surface area contributed by atoms with Crippen molar-refractivity contribution < 1.29 is 17.9 Å². The van der Waals surface area contributed by atoms with Crippen LogP contribution in [-0.2, 0) is 16.4 Å². The molecule has 0 amide bonds. The van der Waals surface area contributed by atoms with Gasteiger partial charge >= 0.3 is 0 Å². The molecule has 92 valence electrons. The van der Waals surface area contributed by atoms with Crippen LogP contribution in [0, 0.1) is 0 Å². The first kappa shape index (κ1) is 13.7. The fraction of sp³-hybridized carbons (Fsp3) is 0.556. The van der Waals surface area contributed by atoms with Crippen LogP contribution in [0.2, 0.25) is 0 Å². The lowest BCUT2D eigenvalue weighted by Gasteiger charge is -2.22. The average molecular weight is 312 g/mol. The molecule has 0 spiro atoms. The molecule has 1 aromatic heterocycles. The van der Waals surface area contributed by atoms with Gasteiger partial charge in [0.1, 0.15) is 10.4 Å². The van der Waals surface area contributed by atoms with Crippen molar-refractivity contribution in [2.45, 2.75) is 18.9 Å². The van der Waals surface area contributed by atoms with Crippen molar-refractivity contribution in [3.63, 3.8) is 0 Å². The number of halogens is 1. The molecule has 0 saturated carbocycles. The number of sulfonamides is 1. The SMILES string of the molecule is CC(O)(CNS(=O)(=O)CBr)Cc1ccco1. The van der Waals surface area contributed by atoms with Crippen molar-refractivity contribution in [3.05, 3.63) is 24.2 Å². The highest BCUT2D eigenvalue weighted by molar-refractivity contribution is 9.10. The summed E-state index contributed by atoms with van der Waals surface area (Å²) < 4.78 is 29.5. The molecule has 0 aromatic carbocycles. The molecule has 1 unspecified atom stereocenters. The predicted octanol–water partition coefficient (Wildman–Crippen LogP) is 0.845. The maximum Gasteiger partial charge on any atom is 0.221 e. The van der Waals surface area contributed by atoms with Crippen molar-refractivity contribution in [3.8, 4) is 0 Å². The van der Waals surface area contributed by atoms with Gasteiger partial charge in [-0.1, -0.05) is 15.9 Å². The highest BCUT2D eigenvalue weighted by Crippen LogP contribution is 2.13. The van der Waals surface area contributed by atoms with Gasteiger partial charge in [0.25, 0.3) is 0 Å². The Hall–Kier alpha value is -0.370. The Kier molecular flexibility index (Phi) is 4.54. The Morgan fingerprint density at radius 2 is 2.31 bits per heavy atom. The first-order valence-electron chi connectivity index (χ1n) is 4.63.